The molecule has 4 saturated carbocycles. The molecule has 0 atom stereocenters. The molecule has 6 fully saturated rings. The molecule has 83 heavy (non-hydrogen) atoms. The van der Waals surface area contributed by atoms with Gasteiger partial charge in [-0.15, -0.1) is 0 Å². The maximum Gasteiger partial charge on any atom is 0.306 e. The number of benzene rings is 6. The summed E-state index contributed by atoms with van der Waals surface area (Å²) in [5.41, 5.74) is 8.83. The summed E-state index contributed by atoms with van der Waals surface area (Å²) in [5, 5.41) is 19.8. The lowest BCUT2D eigenvalue weighted by Gasteiger charge is -2.56. The zero-order chi connectivity index (χ0) is 57.1. The Morgan fingerprint density at radius 3 is 1.34 bits per heavy atom. The molecule has 14 rings (SSSR count). The summed E-state index contributed by atoms with van der Waals surface area (Å²) in [7, 11) is 0. The van der Waals surface area contributed by atoms with E-state index in [9.17, 15) is 38.2 Å². The van der Waals surface area contributed by atoms with Gasteiger partial charge in [0.15, 0.2) is 11.6 Å². The fourth-order valence-electron chi connectivity index (χ4n) is 14.1. The van der Waals surface area contributed by atoms with Crippen molar-refractivity contribution in [3.05, 3.63) is 179 Å². The van der Waals surface area contributed by atoms with Gasteiger partial charge in [0.1, 0.15) is 35.3 Å². The molecule has 8 aromatic rings. The van der Waals surface area contributed by atoms with Gasteiger partial charge in [-0.3, -0.25) is 19.2 Å². The van der Waals surface area contributed by atoms with Crippen molar-refractivity contribution in [2.45, 2.75) is 89.5 Å². The molecule has 6 aromatic carbocycles. The van der Waals surface area contributed by atoms with Crippen LogP contribution >= 0.6 is 11.6 Å². The Hall–Kier alpha value is -7.65. The summed E-state index contributed by atoms with van der Waals surface area (Å²) in [4.78, 5) is 49.2. The van der Waals surface area contributed by atoms with Crippen molar-refractivity contribution in [2.24, 2.45) is 34.5 Å². The maximum atomic E-state index is 14.8. The summed E-state index contributed by atoms with van der Waals surface area (Å²) < 4.78 is 55.5. The first-order valence-corrected chi connectivity index (χ1v) is 29.1. The first-order valence-electron chi connectivity index (χ1n) is 28.8. The highest BCUT2D eigenvalue weighted by molar-refractivity contribution is 6.32. The van der Waals surface area contributed by atoms with Crippen molar-refractivity contribution in [2.75, 3.05) is 26.4 Å². The number of hydrogen-bond acceptors (Lipinski definition) is 8. The van der Waals surface area contributed by atoms with Crippen LogP contribution in [0.3, 0.4) is 0 Å². The average molecular weight is 1140 g/mol. The Labute approximate surface area is 483 Å². The van der Waals surface area contributed by atoms with Crippen LogP contribution in [-0.2, 0) is 32.2 Å². The normalized spacial score (nSPS) is 23.4. The lowest BCUT2D eigenvalue weighted by Crippen LogP contribution is -2.50. The highest BCUT2D eigenvalue weighted by atomic mass is 35.5. The number of fused-ring (bicyclic) bond motifs is 2. The van der Waals surface area contributed by atoms with Crippen LogP contribution in [0.5, 0.6) is 11.5 Å². The number of carbonyl (C=O) groups is 4. The van der Waals surface area contributed by atoms with Crippen molar-refractivity contribution >= 4 is 56.9 Å². The first kappa shape index (κ1) is 54.6. The monoisotopic (exact) mass is 1140 g/mol. The van der Waals surface area contributed by atoms with Gasteiger partial charge in [-0.1, -0.05) is 78.3 Å². The number of carbonyl (C=O) groups excluding carboxylic acids is 2. The van der Waals surface area contributed by atoms with Crippen LogP contribution in [0.25, 0.3) is 44.1 Å². The van der Waals surface area contributed by atoms with E-state index in [1.54, 1.807) is 24.3 Å². The van der Waals surface area contributed by atoms with Crippen molar-refractivity contribution in [3.63, 3.8) is 0 Å². The fourth-order valence-corrected chi connectivity index (χ4v) is 14.3. The van der Waals surface area contributed by atoms with E-state index in [-0.39, 0.29) is 69.9 Å². The van der Waals surface area contributed by atoms with E-state index in [1.807, 2.05) is 88.3 Å². The second-order valence-electron chi connectivity index (χ2n) is 24.4. The first-order chi connectivity index (χ1) is 40.1. The lowest BCUT2D eigenvalue weighted by atomic mass is 9.47. The molecule has 0 amide bonds. The van der Waals surface area contributed by atoms with Gasteiger partial charge in [0, 0.05) is 60.2 Å². The predicted molar refractivity (Wildman–Crippen MR) is 310 cm³/mol. The van der Waals surface area contributed by atoms with Crippen LogP contribution in [0.15, 0.2) is 140 Å². The van der Waals surface area contributed by atoms with Crippen LogP contribution < -0.4 is 9.47 Å². The molecule has 2 aromatic heterocycles. The SMILES string of the molecule is O=C(CC1CC2(C1)CC(C(=O)O)C2)c1ccc(F)c2ccn(Cc3ccc(-c4ccc(OC5COC5)c(Cl)c4)cc3)c12.O=C(CC1CC2(C1)CC(C(=O)O)C2)c1ccc(F)c2ccn(Cc3ccc(-c4ccc(OC5COC5)cc4)cc3)c12. The molecule has 2 N–H and O–H groups in total. The van der Waals surface area contributed by atoms with Gasteiger partial charge in [0.2, 0.25) is 0 Å². The van der Waals surface area contributed by atoms with E-state index in [4.69, 9.17) is 30.5 Å². The second kappa shape index (κ2) is 22.2. The Morgan fingerprint density at radius 1 is 0.518 bits per heavy atom. The number of halogens is 3. The standard InChI is InChI=1S/C34H31ClFNO5.C34H32FNO5/c35-28-12-23(5-8-31(28)42-25-18-41-19-25)22-3-1-20(2-4-22)17-37-10-9-26-29(36)7-6-27(32(26)37)30(38)11-21-13-34(14-21)15-24(16-34)33(39)40;35-30-10-9-29(31(37)13-22-14-34(15-22)16-25(17-34)33(38)39)32-28(30)11-12-36(32)18-21-1-3-23(4-2-21)24-5-7-26(8-6-24)41-27-19-40-20-27/h1-10,12,21,24-25H,11,13-19H2,(H,39,40);1-12,22,25,27H,13-20H2,(H,38,39). The van der Waals surface area contributed by atoms with E-state index in [0.717, 1.165) is 90.5 Å². The summed E-state index contributed by atoms with van der Waals surface area (Å²) in [6, 6.07) is 39.6. The number of hydrogen-bond donors (Lipinski definition) is 2. The highest BCUT2D eigenvalue weighted by Gasteiger charge is 2.56. The minimum absolute atomic E-state index is 0.0124. The van der Waals surface area contributed by atoms with Crippen molar-refractivity contribution in [1.29, 1.82) is 0 Å². The molecule has 2 aliphatic heterocycles. The topological polar surface area (TPSA) is 156 Å². The number of nitrogens with zero attached hydrogens (tertiary/aromatic N) is 2. The smallest absolute Gasteiger partial charge is 0.306 e. The molecule has 0 unspecified atom stereocenters. The molecule has 15 heteroatoms. The Balaban J connectivity index is 0.000000155. The quantitative estimate of drug-likeness (QED) is 0.0793. The Morgan fingerprint density at radius 2 is 0.928 bits per heavy atom. The van der Waals surface area contributed by atoms with Gasteiger partial charge in [-0.25, -0.2) is 8.78 Å². The zero-order valence-corrected chi connectivity index (χ0v) is 46.5. The number of ether oxygens (including phenoxy) is 4. The summed E-state index contributed by atoms with van der Waals surface area (Å²) in [6.45, 7) is 3.45. The van der Waals surface area contributed by atoms with Gasteiger partial charge >= 0.3 is 11.9 Å². The third-order valence-corrected chi connectivity index (χ3v) is 18.8. The van der Waals surface area contributed by atoms with E-state index in [1.165, 1.54) is 12.1 Å². The van der Waals surface area contributed by atoms with Crippen LogP contribution in [0.1, 0.15) is 96.1 Å². The van der Waals surface area contributed by atoms with Crippen LogP contribution in [0.4, 0.5) is 8.78 Å². The maximum absolute atomic E-state index is 14.8. The van der Waals surface area contributed by atoms with Crippen LogP contribution in [-0.4, -0.2) is 81.5 Å². The van der Waals surface area contributed by atoms with Crippen LogP contribution in [0, 0.1) is 46.1 Å². The Kier molecular flexibility index (Phi) is 14.6. The molecule has 4 aliphatic carbocycles. The molecule has 6 aliphatic rings. The molecule has 2 saturated heterocycles. The third kappa shape index (κ3) is 11.1. The van der Waals surface area contributed by atoms with Gasteiger partial charge in [0.25, 0.3) is 0 Å². The molecule has 12 nitrogen and oxygen atoms in total. The van der Waals surface area contributed by atoms with E-state index in [0.29, 0.717) is 96.1 Å². The fraction of sp³-hybridized carbons (Fsp3) is 0.353. The number of ketones is 2. The number of Topliss-reactive ketones (excluding diaryl/α,β-unsaturated/α-hetero) is 2. The average Bonchev–Trinajstić information content (AvgIpc) is 1.85. The number of rotatable bonds is 18. The van der Waals surface area contributed by atoms with Crippen molar-refractivity contribution in [3.8, 4) is 33.8 Å². The number of carboxylic acid groups (broad SMARTS) is 2. The molecular formula is C68H63ClF2N2O10. The summed E-state index contributed by atoms with van der Waals surface area (Å²) in [6.07, 6.45) is 11.2. The molecule has 2 spiro atoms. The Bertz CT molecular complexity index is 3780. The number of carboxylic acids is 2. The molecule has 426 valence electrons. The third-order valence-electron chi connectivity index (χ3n) is 18.5. The summed E-state index contributed by atoms with van der Waals surface area (Å²) in [5.74, 6) is -0.528. The second-order valence-corrected chi connectivity index (χ2v) is 24.8. The molecule has 0 bridgehead atoms. The van der Waals surface area contributed by atoms with Gasteiger partial charge in [0.05, 0.1) is 54.3 Å². The number of aromatic nitrogens is 2. The van der Waals surface area contributed by atoms with Gasteiger partial charge in [-0.2, -0.15) is 0 Å². The van der Waals surface area contributed by atoms with E-state index in [2.05, 4.69) is 24.3 Å². The summed E-state index contributed by atoms with van der Waals surface area (Å²) >= 11 is 6.48. The van der Waals surface area contributed by atoms with Gasteiger partial charge < -0.3 is 38.3 Å². The minimum atomic E-state index is -0.715. The minimum Gasteiger partial charge on any atom is -0.486 e. The lowest BCUT2D eigenvalue weighted by molar-refractivity contribution is -0.158. The zero-order valence-electron chi connectivity index (χ0n) is 45.7. The van der Waals surface area contributed by atoms with Gasteiger partial charge in [-0.05, 0) is 168 Å². The number of aliphatic carboxylic acids is 2. The largest absolute Gasteiger partial charge is 0.486 e. The molecule has 4 heterocycles. The van der Waals surface area contributed by atoms with Crippen molar-refractivity contribution in [1.82, 2.24) is 9.13 Å². The van der Waals surface area contributed by atoms with Crippen LogP contribution in [0.2, 0.25) is 5.02 Å². The highest BCUT2D eigenvalue weighted by Crippen LogP contribution is 2.63. The molecule has 0 radical (unpaired) electrons. The predicted octanol–water partition coefficient (Wildman–Crippen LogP) is 14.1. The van der Waals surface area contributed by atoms with E-state index >= 15 is 0 Å². The molecular weight excluding hydrogens is 1080 g/mol. The van der Waals surface area contributed by atoms with E-state index < -0.39 is 11.9 Å². The van der Waals surface area contributed by atoms with Crippen molar-refractivity contribution < 1.29 is 57.1 Å².